The first kappa shape index (κ1) is 28.7. The SMILES string of the molecule is COc1cc2nccc(Oc3ccc(NC(=O)c4c(C)c(C(N)=O)c(C)n(-c5ccc(F)cc5)c4=O)cc3)c2nc1OC. The molecule has 0 spiro atoms. The molecule has 0 atom stereocenters. The second-order valence-corrected chi connectivity index (χ2v) is 9.40. The fourth-order valence-electron chi connectivity index (χ4n) is 4.78. The van der Waals surface area contributed by atoms with E-state index < -0.39 is 23.2 Å². The van der Waals surface area contributed by atoms with Crippen LogP contribution < -0.4 is 30.8 Å². The lowest BCUT2D eigenvalue weighted by Gasteiger charge is -2.18. The minimum atomic E-state index is -0.810. The molecule has 3 heterocycles. The summed E-state index contributed by atoms with van der Waals surface area (Å²) < 4.78 is 31.3. The molecule has 0 saturated carbocycles. The van der Waals surface area contributed by atoms with Crippen molar-refractivity contribution in [3.63, 3.8) is 0 Å². The Morgan fingerprint density at radius 3 is 2.26 bits per heavy atom. The van der Waals surface area contributed by atoms with Gasteiger partial charge >= 0.3 is 0 Å². The van der Waals surface area contributed by atoms with E-state index in [4.69, 9.17) is 19.9 Å². The summed E-state index contributed by atoms with van der Waals surface area (Å²) >= 11 is 0. The first-order valence-electron chi connectivity index (χ1n) is 12.9. The summed E-state index contributed by atoms with van der Waals surface area (Å²) in [5.74, 6) is -0.515. The number of ether oxygens (including phenoxy) is 3. The summed E-state index contributed by atoms with van der Waals surface area (Å²) in [5, 5.41) is 2.69. The number of halogens is 1. The Bertz CT molecular complexity index is 1940. The van der Waals surface area contributed by atoms with Crippen molar-refractivity contribution >= 4 is 28.5 Å². The number of pyridine rings is 3. The molecule has 3 N–H and O–H groups in total. The number of amides is 2. The molecule has 11 nitrogen and oxygen atoms in total. The van der Waals surface area contributed by atoms with Gasteiger partial charge in [-0.2, -0.15) is 0 Å². The van der Waals surface area contributed by atoms with Gasteiger partial charge in [-0.05, 0) is 67.9 Å². The van der Waals surface area contributed by atoms with Crippen LogP contribution >= 0.6 is 0 Å². The van der Waals surface area contributed by atoms with Gasteiger partial charge in [-0.25, -0.2) is 9.37 Å². The fraction of sp³-hybridized carbons (Fsp3) is 0.129. The third-order valence-electron chi connectivity index (χ3n) is 6.78. The molecule has 0 saturated heterocycles. The molecular weight excluding hydrogens is 557 g/mol. The number of fused-ring (bicyclic) bond motifs is 1. The zero-order valence-corrected chi connectivity index (χ0v) is 23.6. The molecule has 3 aromatic heterocycles. The molecule has 5 aromatic rings. The third kappa shape index (κ3) is 5.45. The minimum Gasteiger partial charge on any atom is -0.491 e. The number of nitrogens with two attached hydrogens (primary N) is 1. The van der Waals surface area contributed by atoms with Gasteiger partial charge in [0, 0.05) is 35.4 Å². The largest absolute Gasteiger partial charge is 0.491 e. The third-order valence-corrected chi connectivity index (χ3v) is 6.78. The summed E-state index contributed by atoms with van der Waals surface area (Å²) in [6, 6.07) is 14.9. The molecule has 12 heteroatoms. The van der Waals surface area contributed by atoms with E-state index in [2.05, 4.69) is 15.3 Å². The summed E-state index contributed by atoms with van der Waals surface area (Å²) in [4.78, 5) is 48.1. The number of carbonyl (C=O) groups excluding carboxylic acids is 2. The summed E-state index contributed by atoms with van der Waals surface area (Å²) in [6.07, 6.45) is 1.57. The molecule has 0 unspecified atom stereocenters. The molecule has 0 fully saturated rings. The van der Waals surface area contributed by atoms with Gasteiger partial charge in [0.05, 0.1) is 25.3 Å². The number of benzene rings is 2. The van der Waals surface area contributed by atoms with Crippen molar-refractivity contribution in [2.75, 3.05) is 19.5 Å². The van der Waals surface area contributed by atoms with E-state index in [1.165, 1.54) is 52.3 Å². The lowest BCUT2D eigenvalue weighted by Crippen LogP contribution is -2.34. The van der Waals surface area contributed by atoms with Gasteiger partial charge in [0.25, 0.3) is 23.3 Å². The molecule has 0 aliphatic rings. The van der Waals surface area contributed by atoms with E-state index in [1.54, 1.807) is 42.6 Å². The van der Waals surface area contributed by atoms with Crippen LogP contribution in [-0.2, 0) is 0 Å². The van der Waals surface area contributed by atoms with E-state index in [0.29, 0.717) is 34.0 Å². The molecule has 0 bridgehead atoms. The molecule has 2 amide bonds. The maximum absolute atomic E-state index is 13.6. The van der Waals surface area contributed by atoms with Crippen molar-refractivity contribution < 1.29 is 28.2 Å². The van der Waals surface area contributed by atoms with Crippen molar-refractivity contribution in [3.8, 4) is 28.8 Å². The number of primary amides is 1. The normalized spacial score (nSPS) is 10.8. The average Bonchev–Trinajstić information content (AvgIpc) is 2.98. The summed E-state index contributed by atoms with van der Waals surface area (Å²) in [5.41, 5.74) is 6.66. The quantitative estimate of drug-likeness (QED) is 0.267. The Kier molecular flexibility index (Phi) is 7.76. The molecule has 43 heavy (non-hydrogen) atoms. The number of hydrogen-bond acceptors (Lipinski definition) is 8. The van der Waals surface area contributed by atoms with Crippen LogP contribution in [0.3, 0.4) is 0 Å². The second kappa shape index (κ2) is 11.6. The van der Waals surface area contributed by atoms with Crippen molar-refractivity contribution in [2.45, 2.75) is 13.8 Å². The Labute approximate surface area is 244 Å². The predicted octanol–water partition coefficient (Wildman–Crippen LogP) is 4.70. The zero-order valence-electron chi connectivity index (χ0n) is 23.6. The molecule has 0 aliphatic carbocycles. The number of carbonyl (C=O) groups is 2. The van der Waals surface area contributed by atoms with Crippen LogP contribution in [0.4, 0.5) is 10.1 Å². The van der Waals surface area contributed by atoms with Crippen molar-refractivity contribution in [2.24, 2.45) is 5.73 Å². The van der Waals surface area contributed by atoms with Crippen LogP contribution in [0, 0.1) is 19.7 Å². The highest BCUT2D eigenvalue weighted by atomic mass is 19.1. The first-order valence-corrected chi connectivity index (χ1v) is 12.9. The predicted molar refractivity (Wildman–Crippen MR) is 157 cm³/mol. The number of hydrogen-bond donors (Lipinski definition) is 2. The second-order valence-electron chi connectivity index (χ2n) is 9.40. The van der Waals surface area contributed by atoms with Gasteiger partial charge < -0.3 is 25.3 Å². The Hall–Kier alpha value is -5.78. The Morgan fingerprint density at radius 2 is 1.63 bits per heavy atom. The topological polar surface area (TPSA) is 148 Å². The summed E-state index contributed by atoms with van der Waals surface area (Å²) in [6.45, 7) is 3.01. The fourth-order valence-corrected chi connectivity index (χ4v) is 4.78. The Morgan fingerprint density at radius 1 is 0.930 bits per heavy atom. The van der Waals surface area contributed by atoms with Crippen molar-refractivity contribution in [3.05, 3.63) is 105 Å². The minimum absolute atomic E-state index is 0.0188. The van der Waals surface area contributed by atoms with E-state index in [9.17, 15) is 18.8 Å². The molecule has 5 rings (SSSR count). The van der Waals surface area contributed by atoms with Crippen molar-refractivity contribution in [1.29, 1.82) is 0 Å². The highest BCUT2D eigenvalue weighted by molar-refractivity contribution is 6.07. The first-order chi connectivity index (χ1) is 20.6. The van der Waals surface area contributed by atoms with Crippen LogP contribution in [0.1, 0.15) is 32.0 Å². The maximum atomic E-state index is 13.6. The lowest BCUT2D eigenvalue weighted by atomic mass is 10.00. The number of rotatable bonds is 8. The standard InChI is InChI=1S/C31H26FN5O6/c1-16-25(28(33)38)17(2)37(20-9-5-18(32)6-10-20)31(40)26(16)29(39)35-19-7-11-21(12-8-19)43-23-13-14-34-22-15-24(41-3)30(42-4)36-27(22)23/h5-15H,1-4H3,(H2,33,38)(H,35,39). The van der Waals surface area contributed by atoms with Gasteiger partial charge in [-0.1, -0.05) is 0 Å². The van der Waals surface area contributed by atoms with E-state index in [0.717, 1.165) is 4.57 Å². The van der Waals surface area contributed by atoms with Crippen molar-refractivity contribution in [1.82, 2.24) is 14.5 Å². The summed E-state index contributed by atoms with van der Waals surface area (Å²) in [7, 11) is 2.98. The highest BCUT2D eigenvalue weighted by Crippen LogP contribution is 2.34. The van der Waals surface area contributed by atoms with Crippen LogP contribution in [0.15, 0.2) is 71.7 Å². The zero-order chi connectivity index (χ0) is 30.8. The van der Waals surface area contributed by atoms with E-state index in [1.807, 2.05) is 0 Å². The highest BCUT2D eigenvalue weighted by Gasteiger charge is 2.25. The molecular formula is C31H26FN5O6. The number of anilines is 1. The molecule has 0 aliphatic heterocycles. The van der Waals surface area contributed by atoms with Crippen LogP contribution in [0.25, 0.3) is 16.7 Å². The van der Waals surface area contributed by atoms with Gasteiger partial charge in [-0.3, -0.25) is 23.9 Å². The average molecular weight is 584 g/mol. The van der Waals surface area contributed by atoms with Crippen LogP contribution in [0.5, 0.6) is 23.1 Å². The van der Waals surface area contributed by atoms with Crippen LogP contribution in [-0.4, -0.2) is 40.6 Å². The smallest absolute Gasteiger partial charge is 0.268 e. The monoisotopic (exact) mass is 583 g/mol. The van der Waals surface area contributed by atoms with Gasteiger partial charge in [0.15, 0.2) is 11.5 Å². The van der Waals surface area contributed by atoms with Gasteiger partial charge in [0.1, 0.15) is 22.6 Å². The molecule has 218 valence electrons. The Balaban J connectivity index is 1.45. The van der Waals surface area contributed by atoms with Gasteiger partial charge in [0.2, 0.25) is 0 Å². The molecule has 0 radical (unpaired) electrons. The number of nitrogens with zero attached hydrogens (tertiary/aromatic N) is 3. The lowest BCUT2D eigenvalue weighted by molar-refractivity contribution is 0.0998. The number of aromatic nitrogens is 3. The van der Waals surface area contributed by atoms with E-state index >= 15 is 0 Å². The maximum Gasteiger partial charge on any atom is 0.268 e. The van der Waals surface area contributed by atoms with Gasteiger partial charge in [-0.15, -0.1) is 0 Å². The number of nitrogens with one attached hydrogen (secondary N) is 1. The molecule has 2 aromatic carbocycles. The van der Waals surface area contributed by atoms with Crippen LogP contribution in [0.2, 0.25) is 0 Å². The van der Waals surface area contributed by atoms with E-state index in [-0.39, 0.29) is 34.0 Å². The number of methoxy groups -OCH3 is 2.